The summed E-state index contributed by atoms with van der Waals surface area (Å²) in [5.74, 6) is 3.37. The molecule has 4 aliphatic rings. The molecule has 0 amide bonds. The number of benzene rings is 2. The van der Waals surface area contributed by atoms with Crippen molar-refractivity contribution < 1.29 is 18.9 Å². The predicted octanol–water partition coefficient (Wildman–Crippen LogP) is 3.58. The highest BCUT2D eigenvalue weighted by atomic mass is 16.6. The smallest absolute Gasteiger partial charge is 0.169 e. The summed E-state index contributed by atoms with van der Waals surface area (Å²) in [6.45, 7) is 1.67. The zero-order valence-corrected chi connectivity index (χ0v) is 20.6. The Balaban J connectivity index is 1.24. The van der Waals surface area contributed by atoms with Crippen LogP contribution in [0.5, 0.6) is 17.2 Å². The first-order valence-electron chi connectivity index (χ1n) is 12.3. The van der Waals surface area contributed by atoms with Gasteiger partial charge in [-0.05, 0) is 60.4 Å². The third kappa shape index (κ3) is 2.85. The van der Waals surface area contributed by atoms with E-state index in [2.05, 4.69) is 33.4 Å². The second-order valence-corrected chi connectivity index (χ2v) is 9.79. The van der Waals surface area contributed by atoms with Crippen LogP contribution < -0.4 is 14.2 Å². The van der Waals surface area contributed by atoms with Crippen LogP contribution in [0.3, 0.4) is 0 Å². The van der Waals surface area contributed by atoms with Crippen LogP contribution in [0.25, 0.3) is 5.69 Å². The minimum atomic E-state index is -0.209. The van der Waals surface area contributed by atoms with Gasteiger partial charge in [-0.1, -0.05) is 17.4 Å². The first kappa shape index (κ1) is 21.5. The van der Waals surface area contributed by atoms with Gasteiger partial charge in [0.25, 0.3) is 0 Å². The van der Waals surface area contributed by atoms with E-state index in [1.54, 1.807) is 21.3 Å². The van der Waals surface area contributed by atoms with E-state index >= 15 is 0 Å². The number of hydrogen-bond acceptors (Lipinski definition) is 7. The molecule has 2 aliphatic heterocycles. The van der Waals surface area contributed by atoms with E-state index in [1.165, 1.54) is 16.7 Å². The van der Waals surface area contributed by atoms with Gasteiger partial charge in [-0.3, -0.25) is 4.90 Å². The summed E-state index contributed by atoms with van der Waals surface area (Å²) < 4.78 is 25.2. The Kier molecular flexibility index (Phi) is 4.70. The summed E-state index contributed by atoms with van der Waals surface area (Å²) in [6.07, 6.45) is 8.08. The molecule has 2 aromatic carbocycles. The van der Waals surface area contributed by atoms with Gasteiger partial charge in [0.05, 0.1) is 44.3 Å². The van der Waals surface area contributed by atoms with Crippen LogP contribution in [0.4, 0.5) is 0 Å². The van der Waals surface area contributed by atoms with E-state index < -0.39 is 0 Å². The molecule has 8 nitrogen and oxygen atoms in total. The number of ether oxygens (including phenoxy) is 4. The fraction of sp³-hybridized carbons (Fsp3) is 0.357. The van der Waals surface area contributed by atoms with Gasteiger partial charge in [0, 0.05) is 24.7 Å². The van der Waals surface area contributed by atoms with Gasteiger partial charge in [0.2, 0.25) is 0 Å². The van der Waals surface area contributed by atoms with Crippen molar-refractivity contribution in [3.05, 3.63) is 82.9 Å². The molecule has 3 unspecified atom stereocenters. The van der Waals surface area contributed by atoms with Crippen molar-refractivity contribution in [2.45, 2.75) is 36.9 Å². The van der Waals surface area contributed by atoms with Gasteiger partial charge in [0.1, 0.15) is 11.5 Å². The molecule has 3 atom stereocenters. The minimum absolute atomic E-state index is 0.159. The van der Waals surface area contributed by atoms with Crippen molar-refractivity contribution >= 4 is 0 Å². The Morgan fingerprint density at radius 1 is 1.03 bits per heavy atom. The van der Waals surface area contributed by atoms with Crippen molar-refractivity contribution in [2.24, 2.45) is 0 Å². The standard InChI is InChI=1S/C28H28N4O4/c1-33-20-7-5-19(6-8-20)32-16-18(29-30-32)15-31-13-12-28-21-9-11-24(35-3)27(28)36-26-23(34-2)10-4-17(25(26)28)14-22(21)31/h4-11,16,22,27H,12-15H2,1-3H3. The molecule has 3 aromatic rings. The highest BCUT2D eigenvalue weighted by molar-refractivity contribution is 5.67. The number of aromatic nitrogens is 3. The van der Waals surface area contributed by atoms with Crippen molar-refractivity contribution in [1.29, 1.82) is 0 Å². The fourth-order valence-corrected chi connectivity index (χ4v) is 6.63. The zero-order valence-electron chi connectivity index (χ0n) is 20.6. The van der Waals surface area contributed by atoms with E-state index in [-0.39, 0.29) is 17.6 Å². The first-order chi connectivity index (χ1) is 17.7. The number of methoxy groups -OCH3 is 3. The summed E-state index contributed by atoms with van der Waals surface area (Å²) in [6, 6.07) is 12.3. The van der Waals surface area contributed by atoms with Gasteiger partial charge in [0.15, 0.2) is 17.6 Å². The number of hydrogen-bond donors (Lipinski definition) is 0. The fourth-order valence-electron chi connectivity index (χ4n) is 6.63. The van der Waals surface area contributed by atoms with Crippen molar-refractivity contribution in [3.63, 3.8) is 0 Å². The molecule has 0 N–H and O–H groups in total. The topological polar surface area (TPSA) is 70.9 Å². The Morgan fingerprint density at radius 3 is 2.67 bits per heavy atom. The van der Waals surface area contributed by atoms with Gasteiger partial charge in [-0.2, -0.15) is 0 Å². The highest BCUT2D eigenvalue weighted by Gasteiger charge is 2.62. The molecule has 1 spiro atoms. The molecule has 0 saturated carbocycles. The second kappa shape index (κ2) is 7.86. The van der Waals surface area contributed by atoms with Crippen molar-refractivity contribution in [1.82, 2.24) is 19.9 Å². The van der Waals surface area contributed by atoms with Crippen molar-refractivity contribution in [2.75, 3.05) is 27.9 Å². The SMILES string of the molecule is COC1=CC=C2C3Cc4ccc(OC)c5c4C2(CCN3Cc2cn(-c3ccc(OC)cc3)nn2)C1O5. The third-order valence-electron chi connectivity index (χ3n) is 8.24. The summed E-state index contributed by atoms with van der Waals surface area (Å²) in [7, 11) is 5.10. The van der Waals surface area contributed by atoms with E-state index in [4.69, 9.17) is 18.9 Å². The quantitative estimate of drug-likeness (QED) is 0.530. The monoisotopic (exact) mass is 484 g/mol. The molecule has 36 heavy (non-hydrogen) atoms. The second-order valence-electron chi connectivity index (χ2n) is 9.79. The number of piperidine rings is 1. The maximum atomic E-state index is 6.61. The average Bonchev–Trinajstić information content (AvgIpc) is 3.52. The van der Waals surface area contributed by atoms with Crippen molar-refractivity contribution in [3.8, 4) is 22.9 Å². The summed E-state index contributed by atoms with van der Waals surface area (Å²) >= 11 is 0. The molecule has 3 heterocycles. The Labute approximate surface area is 209 Å². The highest BCUT2D eigenvalue weighted by Crippen LogP contribution is 2.62. The molecule has 1 saturated heterocycles. The lowest BCUT2D eigenvalue weighted by Gasteiger charge is -2.53. The Hall–Kier alpha value is -3.78. The van der Waals surface area contributed by atoms with Gasteiger partial charge >= 0.3 is 0 Å². The molecule has 8 heteroatoms. The Morgan fingerprint density at radius 2 is 1.89 bits per heavy atom. The van der Waals surface area contributed by atoms with Gasteiger partial charge in [-0.15, -0.1) is 5.10 Å². The van der Waals surface area contributed by atoms with E-state index in [1.807, 2.05) is 41.2 Å². The molecule has 0 radical (unpaired) electrons. The summed E-state index contributed by atoms with van der Waals surface area (Å²) in [4.78, 5) is 2.54. The number of nitrogens with zero attached hydrogens (tertiary/aromatic N) is 4. The number of rotatable bonds is 6. The van der Waals surface area contributed by atoms with Crippen LogP contribution in [0.2, 0.25) is 0 Å². The molecule has 1 aromatic heterocycles. The van der Waals surface area contributed by atoms with Crippen LogP contribution >= 0.6 is 0 Å². The molecular weight excluding hydrogens is 456 g/mol. The largest absolute Gasteiger partial charge is 0.497 e. The lowest BCUT2D eigenvalue weighted by molar-refractivity contribution is 0.0608. The summed E-state index contributed by atoms with van der Waals surface area (Å²) in [5, 5.41) is 8.89. The van der Waals surface area contributed by atoms with Crippen LogP contribution in [-0.4, -0.2) is 59.9 Å². The van der Waals surface area contributed by atoms with E-state index in [0.717, 1.165) is 60.3 Å². The maximum absolute atomic E-state index is 6.61. The molecule has 2 bridgehead atoms. The Bertz CT molecular complexity index is 1410. The third-order valence-corrected chi connectivity index (χ3v) is 8.24. The van der Waals surface area contributed by atoms with E-state index in [0.29, 0.717) is 0 Å². The van der Waals surface area contributed by atoms with Crippen LogP contribution in [0, 0.1) is 0 Å². The number of allylic oxidation sites excluding steroid dienone is 2. The van der Waals surface area contributed by atoms with Gasteiger partial charge in [-0.25, -0.2) is 4.68 Å². The van der Waals surface area contributed by atoms with Crippen LogP contribution in [0.1, 0.15) is 23.2 Å². The van der Waals surface area contributed by atoms with Crippen LogP contribution in [0.15, 0.2) is 66.1 Å². The molecule has 2 aliphatic carbocycles. The normalized spacial score (nSPS) is 25.4. The molecule has 184 valence electrons. The molecule has 7 rings (SSSR count). The average molecular weight is 485 g/mol. The van der Waals surface area contributed by atoms with Crippen LogP contribution in [-0.2, 0) is 23.1 Å². The first-order valence-corrected chi connectivity index (χ1v) is 12.3. The summed E-state index contributed by atoms with van der Waals surface area (Å²) in [5.41, 5.74) is 5.73. The predicted molar refractivity (Wildman–Crippen MR) is 133 cm³/mol. The molecular formula is C28H28N4O4. The zero-order chi connectivity index (χ0) is 24.4. The lowest BCUT2D eigenvalue weighted by atomic mass is 9.57. The lowest BCUT2D eigenvalue weighted by Crippen LogP contribution is -2.59. The number of likely N-dealkylation sites (tertiary alicyclic amines) is 1. The molecule has 1 fully saturated rings. The van der Waals surface area contributed by atoms with E-state index in [9.17, 15) is 0 Å². The minimum Gasteiger partial charge on any atom is -0.497 e. The maximum Gasteiger partial charge on any atom is 0.169 e. The van der Waals surface area contributed by atoms with Gasteiger partial charge < -0.3 is 18.9 Å².